The van der Waals surface area contributed by atoms with Gasteiger partial charge >= 0.3 is 0 Å². The fourth-order valence-electron chi connectivity index (χ4n) is 5.98. The van der Waals surface area contributed by atoms with Crippen molar-refractivity contribution in [1.29, 1.82) is 0 Å². The van der Waals surface area contributed by atoms with Gasteiger partial charge in [0.1, 0.15) is 11.5 Å². The Balaban J connectivity index is 1.36. The monoisotopic (exact) mass is 378 g/mol. The van der Waals surface area contributed by atoms with Gasteiger partial charge in [0.15, 0.2) is 0 Å². The van der Waals surface area contributed by atoms with Crippen LogP contribution in [0, 0.1) is 25.7 Å². The first-order valence-electron chi connectivity index (χ1n) is 10.7. The van der Waals surface area contributed by atoms with Gasteiger partial charge in [-0.1, -0.05) is 30.3 Å². The lowest BCUT2D eigenvalue weighted by molar-refractivity contribution is -0.0512. The van der Waals surface area contributed by atoms with Gasteiger partial charge in [0.05, 0.1) is 0 Å². The highest BCUT2D eigenvalue weighted by atomic mass is 16.2. The zero-order valence-electron chi connectivity index (χ0n) is 16.9. The van der Waals surface area contributed by atoms with Crippen molar-refractivity contribution in [3.8, 4) is 0 Å². The third kappa shape index (κ3) is 3.06. The van der Waals surface area contributed by atoms with Crippen LogP contribution in [0.15, 0.2) is 30.3 Å². The van der Waals surface area contributed by atoms with E-state index in [1.165, 1.54) is 31.2 Å². The number of rotatable bonds is 2. The molecule has 0 saturated carbocycles. The van der Waals surface area contributed by atoms with Crippen molar-refractivity contribution in [3.63, 3.8) is 0 Å². The molecule has 3 aliphatic heterocycles. The molecule has 2 aromatic rings. The summed E-state index contributed by atoms with van der Waals surface area (Å²) in [5.74, 6) is 2.09. The number of aromatic amines is 1. The van der Waals surface area contributed by atoms with Crippen LogP contribution in [0.4, 0.5) is 0 Å². The topological polar surface area (TPSA) is 52.2 Å². The van der Waals surface area contributed by atoms with Crippen LogP contribution in [0.1, 0.15) is 59.3 Å². The van der Waals surface area contributed by atoms with Crippen LogP contribution < -0.4 is 0 Å². The van der Waals surface area contributed by atoms with Crippen molar-refractivity contribution in [3.05, 3.63) is 53.1 Å². The van der Waals surface area contributed by atoms with Gasteiger partial charge in [-0.25, -0.2) is 4.98 Å². The number of amides is 1. The molecule has 1 amide bonds. The molecule has 0 aliphatic carbocycles. The molecule has 148 valence electrons. The predicted molar refractivity (Wildman–Crippen MR) is 109 cm³/mol. The minimum atomic E-state index is 0.111. The van der Waals surface area contributed by atoms with Gasteiger partial charge in [0.2, 0.25) is 0 Å². The number of carbonyl (C=O) groups excluding carboxylic acids is 1. The highest BCUT2D eigenvalue weighted by molar-refractivity contribution is 5.93. The number of aromatic nitrogens is 2. The molecule has 4 atom stereocenters. The molecule has 3 fully saturated rings. The molecule has 1 aromatic carbocycles. The molecule has 1 aromatic heterocycles. The van der Waals surface area contributed by atoms with Gasteiger partial charge in [-0.3, -0.25) is 9.69 Å². The standard InChI is InChI=1S/C23H30N4O/c1-15-22(25-16(2)24-15)23(28)26-12-17-11-19(14-26)21-10-6-9-20(27(21)13-17)18-7-4-3-5-8-18/h3-5,7-8,17,19-21H,6,9-14H2,1-2H3,(H,24,25)/t17-,19+,20+,21-/m0/s1. The first-order valence-corrected chi connectivity index (χ1v) is 10.7. The number of benzene rings is 1. The minimum Gasteiger partial charge on any atom is -0.346 e. The maximum atomic E-state index is 13.1. The molecule has 5 rings (SSSR count). The van der Waals surface area contributed by atoms with Crippen molar-refractivity contribution in [2.45, 2.75) is 51.6 Å². The Morgan fingerprint density at radius 1 is 1.11 bits per heavy atom. The van der Waals surface area contributed by atoms with Gasteiger partial charge in [0.25, 0.3) is 5.91 Å². The fraction of sp³-hybridized carbons (Fsp3) is 0.565. The number of nitrogens with one attached hydrogen (secondary N) is 1. The molecule has 0 radical (unpaired) electrons. The first-order chi connectivity index (χ1) is 13.6. The second-order valence-corrected chi connectivity index (χ2v) is 8.99. The Morgan fingerprint density at radius 2 is 1.93 bits per heavy atom. The molecule has 1 N–H and O–H groups in total. The number of imidazole rings is 1. The van der Waals surface area contributed by atoms with Crippen molar-refractivity contribution in [1.82, 2.24) is 19.8 Å². The third-order valence-electron chi connectivity index (χ3n) is 7.06. The average molecular weight is 379 g/mol. The number of hydrogen-bond donors (Lipinski definition) is 1. The van der Waals surface area contributed by atoms with Gasteiger partial charge in [0, 0.05) is 37.4 Å². The van der Waals surface area contributed by atoms with E-state index in [0.717, 1.165) is 31.2 Å². The maximum absolute atomic E-state index is 13.1. The van der Waals surface area contributed by atoms with Gasteiger partial charge in [-0.15, -0.1) is 0 Å². The summed E-state index contributed by atoms with van der Waals surface area (Å²) in [6, 6.07) is 12.2. The number of aryl methyl sites for hydroxylation is 2. The summed E-state index contributed by atoms with van der Waals surface area (Å²) in [6.07, 6.45) is 5.08. The Morgan fingerprint density at radius 3 is 2.68 bits per heavy atom. The minimum absolute atomic E-state index is 0.111. The first kappa shape index (κ1) is 17.9. The summed E-state index contributed by atoms with van der Waals surface area (Å²) in [5, 5.41) is 0. The van der Waals surface area contributed by atoms with Crippen LogP contribution in [0.2, 0.25) is 0 Å². The van der Waals surface area contributed by atoms with E-state index in [1.807, 2.05) is 13.8 Å². The van der Waals surface area contributed by atoms with E-state index < -0.39 is 0 Å². The van der Waals surface area contributed by atoms with Crippen LogP contribution in [0.5, 0.6) is 0 Å². The molecule has 3 saturated heterocycles. The van der Waals surface area contributed by atoms with E-state index in [4.69, 9.17) is 0 Å². The molecule has 2 bridgehead atoms. The second kappa shape index (κ2) is 7.03. The Hall–Kier alpha value is -2.14. The molecular formula is C23H30N4O. The molecule has 5 heteroatoms. The average Bonchev–Trinajstić information content (AvgIpc) is 3.05. The smallest absolute Gasteiger partial charge is 0.274 e. The maximum Gasteiger partial charge on any atom is 0.274 e. The number of nitrogens with zero attached hydrogens (tertiary/aromatic N) is 3. The largest absolute Gasteiger partial charge is 0.346 e. The zero-order chi connectivity index (χ0) is 19.3. The van der Waals surface area contributed by atoms with Crippen molar-refractivity contribution < 1.29 is 4.79 Å². The van der Waals surface area contributed by atoms with E-state index in [0.29, 0.717) is 29.6 Å². The summed E-state index contributed by atoms with van der Waals surface area (Å²) in [6.45, 7) is 6.72. The number of piperidine rings is 3. The number of hydrogen-bond acceptors (Lipinski definition) is 3. The summed E-state index contributed by atoms with van der Waals surface area (Å²) in [7, 11) is 0. The molecule has 4 heterocycles. The van der Waals surface area contributed by atoms with E-state index in [-0.39, 0.29) is 5.91 Å². The lowest BCUT2D eigenvalue weighted by Gasteiger charge is -2.55. The van der Waals surface area contributed by atoms with Gasteiger partial charge < -0.3 is 9.88 Å². The molecule has 0 unspecified atom stereocenters. The second-order valence-electron chi connectivity index (χ2n) is 8.99. The summed E-state index contributed by atoms with van der Waals surface area (Å²) < 4.78 is 0. The van der Waals surface area contributed by atoms with E-state index in [2.05, 4.69) is 50.1 Å². The normalized spacial score (nSPS) is 30.1. The van der Waals surface area contributed by atoms with Crippen LogP contribution in [0.25, 0.3) is 0 Å². The van der Waals surface area contributed by atoms with Crippen molar-refractivity contribution in [2.24, 2.45) is 11.8 Å². The number of likely N-dealkylation sites (tertiary alicyclic amines) is 1. The van der Waals surface area contributed by atoms with Crippen LogP contribution >= 0.6 is 0 Å². The summed E-state index contributed by atoms with van der Waals surface area (Å²) >= 11 is 0. The predicted octanol–water partition coefficient (Wildman–Crippen LogP) is 3.71. The van der Waals surface area contributed by atoms with E-state index >= 15 is 0 Å². The van der Waals surface area contributed by atoms with E-state index in [1.54, 1.807) is 0 Å². The van der Waals surface area contributed by atoms with E-state index in [9.17, 15) is 4.79 Å². The SMILES string of the molecule is Cc1nc(C(=O)N2C[C@@H]3C[C@H](C2)[C@@H]2CCC[C@H](c4ccccc4)N2C3)c(C)[nH]1. The summed E-state index contributed by atoms with van der Waals surface area (Å²) in [5.41, 5.74) is 2.96. The molecule has 5 nitrogen and oxygen atoms in total. The van der Waals surface area contributed by atoms with Gasteiger partial charge in [-0.2, -0.15) is 0 Å². The lowest BCUT2D eigenvalue weighted by Crippen LogP contribution is -2.60. The molecular weight excluding hydrogens is 348 g/mol. The Kier molecular flexibility index (Phi) is 4.50. The Bertz CT molecular complexity index is 861. The van der Waals surface area contributed by atoms with Crippen LogP contribution in [-0.2, 0) is 0 Å². The van der Waals surface area contributed by atoms with Crippen molar-refractivity contribution >= 4 is 5.91 Å². The number of H-pyrrole nitrogens is 1. The van der Waals surface area contributed by atoms with Crippen LogP contribution in [-0.4, -0.2) is 51.4 Å². The fourth-order valence-corrected chi connectivity index (χ4v) is 5.98. The highest BCUT2D eigenvalue weighted by Crippen LogP contribution is 2.44. The third-order valence-corrected chi connectivity index (χ3v) is 7.06. The molecule has 28 heavy (non-hydrogen) atoms. The molecule has 3 aliphatic rings. The molecule has 0 spiro atoms. The van der Waals surface area contributed by atoms with Crippen LogP contribution in [0.3, 0.4) is 0 Å². The van der Waals surface area contributed by atoms with Gasteiger partial charge in [-0.05, 0) is 56.9 Å². The quantitative estimate of drug-likeness (QED) is 0.867. The summed E-state index contributed by atoms with van der Waals surface area (Å²) in [4.78, 5) is 25.6. The highest BCUT2D eigenvalue weighted by Gasteiger charge is 2.46. The number of fused-ring (bicyclic) bond motifs is 4. The van der Waals surface area contributed by atoms with Crippen molar-refractivity contribution in [2.75, 3.05) is 19.6 Å². The lowest BCUT2D eigenvalue weighted by atomic mass is 9.74. The number of carbonyl (C=O) groups is 1. The Labute approximate surface area is 167 Å². The zero-order valence-corrected chi connectivity index (χ0v) is 16.9.